The Bertz CT molecular complexity index is 730. The van der Waals surface area contributed by atoms with Gasteiger partial charge >= 0.3 is 0 Å². The first kappa shape index (κ1) is 16.6. The van der Waals surface area contributed by atoms with Crippen LogP contribution in [0.3, 0.4) is 0 Å². The van der Waals surface area contributed by atoms with Crippen LogP contribution >= 0.6 is 0 Å². The molecule has 0 unspecified atom stereocenters. The van der Waals surface area contributed by atoms with Gasteiger partial charge in [0.05, 0.1) is 5.75 Å². The molecule has 110 valence electrons. The quantitative estimate of drug-likeness (QED) is 0.656. The van der Waals surface area contributed by atoms with Gasteiger partial charge in [-0.3, -0.25) is 4.98 Å². The Balaban J connectivity index is 2.87. The van der Waals surface area contributed by atoms with Crippen LogP contribution in [0.2, 0.25) is 0 Å². The lowest BCUT2D eigenvalue weighted by molar-refractivity contribution is 0.350. The molecule has 2 N–H and O–H groups in total. The van der Waals surface area contributed by atoms with E-state index in [0.717, 1.165) is 12.5 Å². The monoisotopic (exact) mass is 318 g/mol. The van der Waals surface area contributed by atoms with E-state index >= 15 is 0 Å². The molecule has 0 aliphatic carbocycles. The van der Waals surface area contributed by atoms with E-state index < -0.39 is 19.9 Å². The predicted molar refractivity (Wildman–Crippen MR) is 73.1 cm³/mol. The lowest BCUT2D eigenvalue weighted by Gasteiger charge is -2.05. The van der Waals surface area contributed by atoms with Crippen LogP contribution < -0.4 is 4.72 Å². The fourth-order valence-corrected chi connectivity index (χ4v) is 2.84. The van der Waals surface area contributed by atoms with Crippen LogP contribution in [0, 0.1) is 11.8 Å². The van der Waals surface area contributed by atoms with Crippen molar-refractivity contribution in [2.45, 2.75) is 4.90 Å². The Morgan fingerprint density at radius 2 is 2.00 bits per heavy atom. The zero-order chi connectivity index (χ0) is 15.2. The number of aromatic nitrogens is 1. The Morgan fingerprint density at radius 1 is 1.30 bits per heavy atom. The molecule has 0 saturated carbocycles. The third-order valence-corrected chi connectivity index (χ3v) is 4.47. The van der Waals surface area contributed by atoms with E-state index in [2.05, 4.69) is 21.5 Å². The highest BCUT2D eigenvalue weighted by molar-refractivity contribution is 7.91. The van der Waals surface area contributed by atoms with Gasteiger partial charge in [-0.25, -0.2) is 21.6 Å². The zero-order valence-corrected chi connectivity index (χ0v) is 12.3. The van der Waals surface area contributed by atoms with E-state index in [-0.39, 0.29) is 23.8 Å². The van der Waals surface area contributed by atoms with Crippen molar-refractivity contribution >= 4 is 19.9 Å². The van der Waals surface area contributed by atoms with E-state index in [1.165, 1.54) is 12.3 Å². The number of aliphatic hydroxyl groups excluding tert-OH is 1. The summed E-state index contributed by atoms with van der Waals surface area (Å²) in [4.78, 5) is 3.62. The van der Waals surface area contributed by atoms with Gasteiger partial charge in [0.2, 0.25) is 10.0 Å². The summed E-state index contributed by atoms with van der Waals surface area (Å²) in [5, 5.41) is 8.57. The minimum Gasteiger partial charge on any atom is -0.384 e. The third kappa shape index (κ3) is 5.66. The molecule has 1 aromatic rings. The molecule has 0 saturated heterocycles. The van der Waals surface area contributed by atoms with Crippen LogP contribution in [-0.2, 0) is 19.9 Å². The van der Waals surface area contributed by atoms with Gasteiger partial charge in [0.25, 0.3) is 0 Å². The molecule has 1 rings (SSSR count). The van der Waals surface area contributed by atoms with Gasteiger partial charge in [0.15, 0.2) is 0 Å². The van der Waals surface area contributed by atoms with Crippen molar-refractivity contribution in [2.24, 2.45) is 0 Å². The summed E-state index contributed by atoms with van der Waals surface area (Å²) < 4.78 is 47.8. The molecule has 0 radical (unpaired) electrons. The third-order valence-electron chi connectivity index (χ3n) is 2.10. The van der Waals surface area contributed by atoms with Crippen LogP contribution in [0.25, 0.3) is 0 Å². The number of aliphatic hydroxyl groups is 1. The SMILES string of the molecule is CS(=O)(=O)CCNS(=O)(=O)c1cncc(C#CCO)c1. The highest BCUT2D eigenvalue weighted by Crippen LogP contribution is 2.08. The summed E-state index contributed by atoms with van der Waals surface area (Å²) in [6, 6.07) is 1.29. The van der Waals surface area contributed by atoms with Crippen molar-refractivity contribution in [1.82, 2.24) is 9.71 Å². The maximum absolute atomic E-state index is 11.9. The van der Waals surface area contributed by atoms with Crippen LogP contribution in [0.4, 0.5) is 0 Å². The molecule has 0 aliphatic heterocycles. The molecule has 7 nitrogen and oxygen atoms in total. The first-order valence-electron chi connectivity index (χ1n) is 5.47. The van der Waals surface area contributed by atoms with Crippen LogP contribution in [0.1, 0.15) is 5.56 Å². The molecule has 0 fully saturated rings. The van der Waals surface area contributed by atoms with Gasteiger partial charge in [0.1, 0.15) is 21.3 Å². The molecular formula is C11H14N2O5S2. The number of sulfonamides is 1. The average molecular weight is 318 g/mol. The Hall–Kier alpha value is -1.47. The predicted octanol–water partition coefficient (Wildman–Crippen LogP) is -1.25. The first-order chi connectivity index (χ1) is 9.24. The second-order valence-electron chi connectivity index (χ2n) is 3.90. The molecule has 0 spiro atoms. The summed E-state index contributed by atoms with van der Waals surface area (Å²) in [7, 11) is -7.08. The number of hydrogen-bond acceptors (Lipinski definition) is 6. The van der Waals surface area contributed by atoms with Gasteiger partial charge < -0.3 is 5.11 Å². The number of hydrogen-bond donors (Lipinski definition) is 2. The molecule has 0 amide bonds. The molecule has 9 heteroatoms. The number of pyridine rings is 1. The number of rotatable bonds is 5. The van der Waals surface area contributed by atoms with Crippen molar-refractivity contribution in [3.63, 3.8) is 0 Å². The molecule has 0 atom stereocenters. The molecular weight excluding hydrogens is 304 g/mol. The number of sulfone groups is 1. The van der Waals surface area contributed by atoms with Crippen LogP contribution in [0.15, 0.2) is 23.4 Å². The molecule has 0 aromatic carbocycles. The summed E-state index contributed by atoms with van der Waals surface area (Å²) in [5.74, 6) is 4.63. The Labute approximate surface area is 118 Å². The number of nitrogens with one attached hydrogen (secondary N) is 1. The fraction of sp³-hybridized carbons (Fsp3) is 0.364. The van der Waals surface area contributed by atoms with Crippen LogP contribution in [-0.4, -0.2) is 52.1 Å². The highest BCUT2D eigenvalue weighted by atomic mass is 32.2. The summed E-state index contributed by atoms with van der Waals surface area (Å²) in [6.45, 7) is -0.558. The zero-order valence-electron chi connectivity index (χ0n) is 10.7. The summed E-state index contributed by atoms with van der Waals surface area (Å²) in [6.07, 6.45) is 3.51. The molecule has 0 aliphatic rings. The normalized spacial score (nSPS) is 11.7. The molecule has 20 heavy (non-hydrogen) atoms. The average Bonchev–Trinajstić information content (AvgIpc) is 2.35. The van der Waals surface area contributed by atoms with E-state index in [9.17, 15) is 16.8 Å². The summed E-state index contributed by atoms with van der Waals surface area (Å²) in [5.41, 5.74) is 0.338. The Morgan fingerprint density at radius 3 is 2.60 bits per heavy atom. The second-order valence-corrected chi connectivity index (χ2v) is 7.92. The largest absolute Gasteiger partial charge is 0.384 e. The topological polar surface area (TPSA) is 113 Å². The van der Waals surface area contributed by atoms with Crippen molar-refractivity contribution < 1.29 is 21.9 Å². The van der Waals surface area contributed by atoms with E-state index in [1.54, 1.807) is 0 Å². The maximum atomic E-state index is 11.9. The van der Waals surface area contributed by atoms with E-state index in [0.29, 0.717) is 5.56 Å². The van der Waals surface area contributed by atoms with Crippen molar-refractivity contribution in [2.75, 3.05) is 25.2 Å². The second kappa shape index (κ2) is 6.81. The highest BCUT2D eigenvalue weighted by Gasteiger charge is 2.15. The summed E-state index contributed by atoms with van der Waals surface area (Å²) >= 11 is 0. The molecule has 1 heterocycles. The van der Waals surface area contributed by atoms with Gasteiger partial charge in [-0.1, -0.05) is 11.8 Å². The lowest BCUT2D eigenvalue weighted by atomic mass is 10.3. The minimum absolute atomic E-state index is 0.115. The van der Waals surface area contributed by atoms with Gasteiger partial charge in [-0.05, 0) is 6.07 Å². The first-order valence-corrected chi connectivity index (χ1v) is 9.01. The van der Waals surface area contributed by atoms with E-state index in [4.69, 9.17) is 5.11 Å². The van der Waals surface area contributed by atoms with E-state index in [1.807, 2.05) is 0 Å². The standard InChI is InChI=1S/C11H14N2O5S2/c1-19(15,16)6-4-13-20(17,18)11-7-10(3-2-5-14)8-12-9-11/h7-9,13-14H,4-6H2,1H3. The van der Waals surface area contributed by atoms with Crippen LogP contribution in [0.5, 0.6) is 0 Å². The van der Waals surface area contributed by atoms with Gasteiger partial charge in [0, 0.05) is 30.8 Å². The molecule has 0 bridgehead atoms. The van der Waals surface area contributed by atoms with Crippen molar-refractivity contribution in [3.05, 3.63) is 24.0 Å². The molecule has 1 aromatic heterocycles. The maximum Gasteiger partial charge on any atom is 0.242 e. The van der Waals surface area contributed by atoms with Gasteiger partial charge in [-0.15, -0.1) is 0 Å². The smallest absolute Gasteiger partial charge is 0.242 e. The van der Waals surface area contributed by atoms with Crippen molar-refractivity contribution in [3.8, 4) is 11.8 Å². The fourth-order valence-electron chi connectivity index (χ4n) is 1.22. The van der Waals surface area contributed by atoms with Gasteiger partial charge in [-0.2, -0.15) is 0 Å². The lowest BCUT2D eigenvalue weighted by Crippen LogP contribution is -2.29. The minimum atomic E-state index is -3.84. The van der Waals surface area contributed by atoms with Crippen molar-refractivity contribution in [1.29, 1.82) is 0 Å². The number of nitrogens with zero attached hydrogens (tertiary/aromatic N) is 1. The Kier molecular flexibility index (Phi) is 5.64.